The minimum atomic E-state index is -1.10. The minimum absolute atomic E-state index is 0.0864. The first-order valence-electron chi connectivity index (χ1n) is 5.49. The number of anilines is 1. The number of aromatic nitrogens is 3. The fraction of sp³-hybridized carbons (Fsp3) is 0.167. The Morgan fingerprint density at radius 2 is 2.16 bits per heavy atom. The topological polar surface area (TPSA) is 97.2 Å². The Labute approximate surface area is 109 Å². The predicted molar refractivity (Wildman–Crippen MR) is 67.1 cm³/mol. The molecule has 98 valence electrons. The molecule has 0 saturated carbocycles. The maximum Gasteiger partial charge on any atom is 0.356 e. The van der Waals surface area contributed by atoms with Crippen LogP contribution in [0.25, 0.3) is 0 Å². The molecule has 2 aromatic rings. The van der Waals surface area contributed by atoms with Crippen molar-refractivity contribution in [3.8, 4) is 5.88 Å². The molecule has 7 heteroatoms. The lowest BCUT2D eigenvalue weighted by atomic mass is 10.3. The van der Waals surface area contributed by atoms with Crippen LogP contribution >= 0.6 is 0 Å². The van der Waals surface area contributed by atoms with Gasteiger partial charge in [-0.1, -0.05) is 6.07 Å². The fourth-order valence-corrected chi connectivity index (χ4v) is 1.37. The largest absolute Gasteiger partial charge is 0.481 e. The average Bonchev–Trinajstić information content (AvgIpc) is 2.46. The predicted octanol–water partition coefficient (Wildman–Crippen LogP) is 1.19. The van der Waals surface area contributed by atoms with E-state index in [0.717, 1.165) is 5.56 Å². The van der Waals surface area contributed by atoms with Gasteiger partial charge in [-0.25, -0.2) is 9.78 Å². The summed E-state index contributed by atoms with van der Waals surface area (Å²) in [6.45, 7) is 0.512. The Morgan fingerprint density at radius 1 is 1.32 bits per heavy atom. The van der Waals surface area contributed by atoms with Crippen molar-refractivity contribution in [1.82, 2.24) is 15.2 Å². The van der Waals surface area contributed by atoms with Crippen molar-refractivity contribution in [1.29, 1.82) is 0 Å². The third kappa shape index (κ3) is 3.38. The summed E-state index contributed by atoms with van der Waals surface area (Å²) in [4.78, 5) is 14.7. The lowest BCUT2D eigenvalue weighted by Crippen LogP contribution is -2.06. The SMILES string of the molecule is COc1ccc(CNc2ccc(C(=O)O)nn2)cn1. The number of aromatic carboxylic acids is 1. The molecule has 2 aromatic heterocycles. The second-order valence-corrected chi connectivity index (χ2v) is 3.67. The van der Waals surface area contributed by atoms with E-state index in [-0.39, 0.29) is 5.69 Å². The summed E-state index contributed by atoms with van der Waals surface area (Å²) in [6, 6.07) is 6.59. The average molecular weight is 260 g/mol. The van der Waals surface area contributed by atoms with Gasteiger partial charge in [-0.05, 0) is 17.7 Å². The normalized spacial score (nSPS) is 9.95. The van der Waals surface area contributed by atoms with E-state index in [1.807, 2.05) is 6.07 Å². The number of pyridine rings is 1. The van der Waals surface area contributed by atoms with Crippen LogP contribution in [0.5, 0.6) is 5.88 Å². The van der Waals surface area contributed by atoms with Crippen molar-refractivity contribution in [3.05, 3.63) is 41.7 Å². The lowest BCUT2D eigenvalue weighted by Gasteiger charge is -2.05. The highest BCUT2D eigenvalue weighted by atomic mass is 16.5. The zero-order valence-electron chi connectivity index (χ0n) is 10.2. The third-order valence-corrected chi connectivity index (χ3v) is 2.36. The molecule has 0 unspecified atom stereocenters. The van der Waals surface area contributed by atoms with Crippen molar-refractivity contribution < 1.29 is 14.6 Å². The summed E-state index contributed by atoms with van der Waals surface area (Å²) in [5, 5.41) is 19.0. The van der Waals surface area contributed by atoms with Crippen molar-refractivity contribution in [2.75, 3.05) is 12.4 Å². The van der Waals surface area contributed by atoms with Crippen LogP contribution in [0.3, 0.4) is 0 Å². The molecule has 0 aromatic carbocycles. The third-order valence-electron chi connectivity index (χ3n) is 2.36. The molecular formula is C12H12N4O3. The van der Waals surface area contributed by atoms with Crippen molar-refractivity contribution >= 4 is 11.8 Å². The van der Waals surface area contributed by atoms with E-state index in [2.05, 4.69) is 20.5 Å². The van der Waals surface area contributed by atoms with E-state index in [0.29, 0.717) is 18.2 Å². The number of methoxy groups -OCH3 is 1. The van der Waals surface area contributed by atoms with Crippen molar-refractivity contribution in [2.45, 2.75) is 6.54 Å². The molecule has 0 spiro atoms. The standard InChI is InChI=1S/C12H12N4O3/c1-19-11-5-2-8(7-14-11)6-13-10-4-3-9(12(17)18)15-16-10/h2-5,7H,6H2,1H3,(H,13,16)(H,17,18). The first-order chi connectivity index (χ1) is 9.19. The second kappa shape index (κ2) is 5.76. The summed E-state index contributed by atoms with van der Waals surface area (Å²) in [5.74, 6) is -0.0476. The van der Waals surface area contributed by atoms with E-state index >= 15 is 0 Å². The van der Waals surface area contributed by atoms with Gasteiger partial charge in [0.05, 0.1) is 7.11 Å². The molecule has 2 heterocycles. The fourth-order valence-electron chi connectivity index (χ4n) is 1.37. The van der Waals surface area contributed by atoms with E-state index in [1.54, 1.807) is 25.4 Å². The molecule has 7 nitrogen and oxygen atoms in total. The van der Waals surface area contributed by atoms with Gasteiger partial charge in [0, 0.05) is 18.8 Å². The van der Waals surface area contributed by atoms with Crippen LogP contribution in [0.15, 0.2) is 30.5 Å². The molecule has 0 radical (unpaired) electrons. The molecule has 0 atom stereocenters. The molecular weight excluding hydrogens is 248 g/mol. The molecule has 0 bridgehead atoms. The van der Waals surface area contributed by atoms with Crippen LogP contribution in [0.4, 0.5) is 5.82 Å². The number of hydrogen-bond donors (Lipinski definition) is 2. The van der Waals surface area contributed by atoms with Gasteiger partial charge in [-0.3, -0.25) is 0 Å². The number of carbonyl (C=O) groups is 1. The van der Waals surface area contributed by atoms with E-state index in [9.17, 15) is 4.79 Å². The number of rotatable bonds is 5. The smallest absolute Gasteiger partial charge is 0.356 e. The summed E-state index contributed by atoms with van der Waals surface area (Å²) in [6.07, 6.45) is 1.69. The van der Waals surface area contributed by atoms with Crippen molar-refractivity contribution in [3.63, 3.8) is 0 Å². The summed E-state index contributed by atoms with van der Waals surface area (Å²) in [5.41, 5.74) is 0.863. The summed E-state index contributed by atoms with van der Waals surface area (Å²) < 4.78 is 4.96. The molecule has 0 amide bonds. The number of carboxylic acids is 1. The van der Waals surface area contributed by atoms with E-state index in [4.69, 9.17) is 9.84 Å². The van der Waals surface area contributed by atoms with Crippen LogP contribution in [0.2, 0.25) is 0 Å². The van der Waals surface area contributed by atoms with Gasteiger partial charge in [0.25, 0.3) is 0 Å². The number of ether oxygens (including phenoxy) is 1. The lowest BCUT2D eigenvalue weighted by molar-refractivity contribution is 0.0689. The molecule has 0 fully saturated rings. The molecule has 0 saturated heterocycles. The van der Waals surface area contributed by atoms with Gasteiger partial charge in [0.15, 0.2) is 5.69 Å². The Bertz CT molecular complexity index is 554. The van der Waals surface area contributed by atoms with Gasteiger partial charge >= 0.3 is 5.97 Å². The van der Waals surface area contributed by atoms with Crippen LogP contribution in [0, 0.1) is 0 Å². The van der Waals surface area contributed by atoms with Crippen LogP contribution < -0.4 is 10.1 Å². The summed E-state index contributed by atoms with van der Waals surface area (Å²) >= 11 is 0. The zero-order chi connectivity index (χ0) is 13.7. The first kappa shape index (κ1) is 12.7. The van der Waals surface area contributed by atoms with Gasteiger partial charge < -0.3 is 15.2 Å². The van der Waals surface area contributed by atoms with Gasteiger partial charge in [0.2, 0.25) is 5.88 Å². The molecule has 0 aliphatic carbocycles. The number of carboxylic acid groups (broad SMARTS) is 1. The Hall–Kier alpha value is -2.70. The Morgan fingerprint density at radius 3 is 2.68 bits per heavy atom. The van der Waals surface area contributed by atoms with Crippen LogP contribution in [-0.4, -0.2) is 33.4 Å². The summed E-state index contributed by atoms with van der Waals surface area (Å²) in [7, 11) is 1.56. The highest BCUT2D eigenvalue weighted by Gasteiger charge is 2.04. The molecule has 0 aliphatic rings. The van der Waals surface area contributed by atoms with E-state index in [1.165, 1.54) is 6.07 Å². The Balaban J connectivity index is 1.95. The zero-order valence-corrected chi connectivity index (χ0v) is 10.2. The highest BCUT2D eigenvalue weighted by Crippen LogP contribution is 2.09. The number of nitrogens with zero attached hydrogens (tertiary/aromatic N) is 3. The van der Waals surface area contributed by atoms with Crippen LogP contribution in [-0.2, 0) is 6.54 Å². The van der Waals surface area contributed by atoms with Crippen molar-refractivity contribution in [2.24, 2.45) is 0 Å². The number of hydrogen-bond acceptors (Lipinski definition) is 6. The first-order valence-corrected chi connectivity index (χ1v) is 5.49. The molecule has 19 heavy (non-hydrogen) atoms. The van der Waals surface area contributed by atoms with Crippen LogP contribution in [0.1, 0.15) is 16.1 Å². The number of nitrogens with one attached hydrogen (secondary N) is 1. The minimum Gasteiger partial charge on any atom is -0.481 e. The van der Waals surface area contributed by atoms with E-state index < -0.39 is 5.97 Å². The van der Waals surface area contributed by atoms with Gasteiger partial charge in [-0.15, -0.1) is 10.2 Å². The van der Waals surface area contributed by atoms with Gasteiger partial charge in [-0.2, -0.15) is 0 Å². The maximum absolute atomic E-state index is 10.6. The Kier molecular flexibility index (Phi) is 3.87. The highest BCUT2D eigenvalue weighted by molar-refractivity contribution is 5.85. The maximum atomic E-state index is 10.6. The molecule has 0 aliphatic heterocycles. The second-order valence-electron chi connectivity index (χ2n) is 3.67. The van der Waals surface area contributed by atoms with Gasteiger partial charge in [0.1, 0.15) is 5.82 Å². The molecule has 2 rings (SSSR count). The quantitative estimate of drug-likeness (QED) is 0.833. The molecule has 2 N–H and O–H groups in total. The monoisotopic (exact) mass is 260 g/mol.